The highest BCUT2D eigenvalue weighted by molar-refractivity contribution is 6.32. The van der Waals surface area contributed by atoms with E-state index in [9.17, 15) is 14.9 Å². The average molecular weight is 451 g/mol. The third-order valence-electron chi connectivity index (χ3n) is 4.95. The molecule has 162 valence electrons. The number of hydrogen-bond acceptors (Lipinski definition) is 6. The van der Waals surface area contributed by atoms with Crippen LogP contribution in [-0.4, -0.2) is 34.5 Å². The van der Waals surface area contributed by atoms with Gasteiger partial charge in [-0.2, -0.15) is 10.2 Å². The third kappa shape index (κ3) is 4.64. The maximum Gasteiger partial charge on any atom is 0.269 e. The fraction of sp³-hybridized carbons (Fsp3) is 0.217. The largest absolute Gasteiger partial charge is 0.437 e. The van der Waals surface area contributed by atoms with E-state index in [1.165, 1.54) is 10.5 Å². The summed E-state index contributed by atoms with van der Waals surface area (Å²) in [6.07, 6.45) is 4.43. The maximum atomic E-state index is 13.2. The summed E-state index contributed by atoms with van der Waals surface area (Å²) in [5.41, 5.74) is -0.436. The van der Waals surface area contributed by atoms with Gasteiger partial charge in [0, 0.05) is 19.3 Å². The van der Waals surface area contributed by atoms with Gasteiger partial charge in [0.05, 0.1) is 11.1 Å². The molecule has 0 aliphatic carbocycles. The van der Waals surface area contributed by atoms with E-state index < -0.39 is 11.5 Å². The summed E-state index contributed by atoms with van der Waals surface area (Å²) < 4.78 is 12.6. The number of carbonyl (C=O) groups excluding carboxylic acids is 1. The first-order valence-electron chi connectivity index (χ1n) is 10.0. The second kappa shape index (κ2) is 9.64. The van der Waals surface area contributed by atoms with Gasteiger partial charge in [0.2, 0.25) is 5.88 Å². The van der Waals surface area contributed by atoms with Crippen LogP contribution in [-0.2, 0) is 9.53 Å². The summed E-state index contributed by atoms with van der Waals surface area (Å²) in [6.45, 7) is 0.944. The molecule has 2 aromatic heterocycles. The molecule has 1 saturated heterocycles. The second-order valence-corrected chi connectivity index (χ2v) is 7.52. The number of hydrogen-bond donors (Lipinski definition) is 1. The highest BCUT2D eigenvalue weighted by atomic mass is 35.5. The van der Waals surface area contributed by atoms with Crippen LogP contribution in [0.15, 0.2) is 59.0 Å². The zero-order valence-corrected chi connectivity index (χ0v) is 17.7. The first kappa shape index (κ1) is 21.6. The Hall–Kier alpha value is -3.67. The lowest BCUT2D eigenvalue weighted by molar-refractivity contribution is -0.117. The summed E-state index contributed by atoms with van der Waals surface area (Å²) in [6, 6.07) is 13.6. The van der Waals surface area contributed by atoms with Gasteiger partial charge in [-0.25, -0.2) is 0 Å². The molecule has 1 N–H and O–H groups in total. The number of nitrogens with one attached hydrogen (secondary N) is 1. The van der Waals surface area contributed by atoms with Crippen molar-refractivity contribution >= 4 is 29.2 Å². The predicted molar refractivity (Wildman–Crippen MR) is 119 cm³/mol. The first-order valence-corrected chi connectivity index (χ1v) is 10.4. The Bertz CT molecular complexity index is 1290. The maximum absolute atomic E-state index is 13.2. The number of para-hydroxylation sites is 1. The molecule has 0 radical (unpaired) electrons. The fourth-order valence-electron chi connectivity index (χ4n) is 3.32. The van der Waals surface area contributed by atoms with E-state index in [2.05, 4.69) is 10.3 Å². The minimum absolute atomic E-state index is 0.0440. The van der Waals surface area contributed by atoms with E-state index >= 15 is 0 Å². The molecule has 1 amide bonds. The van der Waals surface area contributed by atoms with Gasteiger partial charge in [-0.1, -0.05) is 29.8 Å². The Morgan fingerprint density at radius 2 is 2.16 bits per heavy atom. The van der Waals surface area contributed by atoms with Crippen molar-refractivity contribution in [3.8, 4) is 17.7 Å². The van der Waals surface area contributed by atoms with E-state index in [0.29, 0.717) is 17.3 Å². The molecule has 3 heterocycles. The molecule has 8 nitrogen and oxygen atoms in total. The molecule has 0 spiro atoms. The molecule has 0 saturated carbocycles. The van der Waals surface area contributed by atoms with Gasteiger partial charge >= 0.3 is 0 Å². The van der Waals surface area contributed by atoms with Crippen LogP contribution in [0.5, 0.6) is 11.6 Å². The highest BCUT2D eigenvalue weighted by Gasteiger charge is 2.20. The molecule has 1 fully saturated rings. The molecular formula is C23H19ClN4O4. The number of nitriles is 1. The molecule has 1 aliphatic rings. The minimum Gasteiger partial charge on any atom is -0.437 e. The second-order valence-electron chi connectivity index (χ2n) is 7.11. The Labute approximate surface area is 188 Å². The van der Waals surface area contributed by atoms with Gasteiger partial charge < -0.3 is 14.8 Å². The monoisotopic (exact) mass is 450 g/mol. The third-order valence-corrected chi connectivity index (χ3v) is 5.26. The molecule has 3 aromatic rings. The Morgan fingerprint density at radius 1 is 1.34 bits per heavy atom. The van der Waals surface area contributed by atoms with Crippen molar-refractivity contribution in [3.05, 3.63) is 75.2 Å². The Kier molecular flexibility index (Phi) is 6.50. The van der Waals surface area contributed by atoms with Gasteiger partial charge in [-0.15, -0.1) is 0 Å². The van der Waals surface area contributed by atoms with E-state index in [4.69, 9.17) is 21.1 Å². The summed E-state index contributed by atoms with van der Waals surface area (Å²) in [5, 5.41) is 12.6. The normalized spacial score (nSPS) is 16.0. The Balaban J connectivity index is 1.74. The van der Waals surface area contributed by atoms with E-state index in [0.717, 1.165) is 12.8 Å². The van der Waals surface area contributed by atoms with Crippen molar-refractivity contribution < 1.29 is 14.3 Å². The standard InChI is InChI=1S/C23H19ClN4O4/c24-18-7-1-2-8-19(18)32-22-17(23(30)28-10-4-3-9-20(28)27-22)12-15(13-25)21(29)26-14-16-6-5-11-31-16/h1-4,7-10,12,16H,5-6,11,14H2,(H,26,29)/b15-12+/t16-/m0/s1. The van der Waals surface area contributed by atoms with E-state index in [-0.39, 0.29) is 35.4 Å². The number of aromatic nitrogens is 2. The summed E-state index contributed by atoms with van der Waals surface area (Å²) in [5.74, 6) is -0.379. The van der Waals surface area contributed by atoms with Crippen LogP contribution in [0.4, 0.5) is 0 Å². The molecule has 1 aromatic carbocycles. The van der Waals surface area contributed by atoms with Crippen LogP contribution in [0.1, 0.15) is 18.4 Å². The van der Waals surface area contributed by atoms with Crippen molar-refractivity contribution in [1.82, 2.24) is 14.7 Å². The minimum atomic E-state index is -0.607. The number of fused-ring (bicyclic) bond motifs is 1. The highest BCUT2D eigenvalue weighted by Crippen LogP contribution is 2.30. The summed E-state index contributed by atoms with van der Waals surface area (Å²) in [4.78, 5) is 30.2. The lowest BCUT2D eigenvalue weighted by atomic mass is 10.1. The zero-order valence-electron chi connectivity index (χ0n) is 17.0. The van der Waals surface area contributed by atoms with Gasteiger partial charge in [-0.3, -0.25) is 14.0 Å². The molecule has 4 rings (SSSR count). The zero-order chi connectivity index (χ0) is 22.5. The Morgan fingerprint density at radius 3 is 2.91 bits per heavy atom. The smallest absolute Gasteiger partial charge is 0.269 e. The van der Waals surface area contributed by atoms with Crippen LogP contribution in [0.25, 0.3) is 11.7 Å². The van der Waals surface area contributed by atoms with Gasteiger partial charge in [0.25, 0.3) is 11.5 Å². The number of benzene rings is 1. The first-order chi connectivity index (χ1) is 15.6. The SMILES string of the molecule is N#C/C(=C\c1c(Oc2ccccc2Cl)nc2ccccn2c1=O)C(=O)NC[C@@H]1CCCO1. The van der Waals surface area contributed by atoms with Crippen LogP contribution in [0.2, 0.25) is 5.02 Å². The van der Waals surface area contributed by atoms with E-state index in [1.54, 1.807) is 48.7 Å². The summed E-state index contributed by atoms with van der Waals surface area (Å²) in [7, 11) is 0. The molecule has 1 atom stereocenters. The molecule has 32 heavy (non-hydrogen) atoms. The lowest BCUT2D eigenvalue weighted by Gasteiger charge is -2.12. The molecule has 0 bridgehead atoms. The lowest BCUT2D eigenvalue weighted by Crippen LogP contribution is -2.32. The van der Waals surface area contributed by atoms with E-state index in [1.807, 2.05) is 6.07 Å². The number of halogens is 1. The van der Waals surface area contributed by atoms with Crippen LogP contribution < -0.4 is 15.6 Å². The number of amides is 1. The van der Waals surface area contributed by atoms with Crippen molar-refractivity contribution in [1.29, 1.82) is 5.26 Å². The topological polar surface area (TPSA) is 106 Å². The molecule has 0 unspecified atom stereocenters. The van der Waals surface area contributed by atoms with Crippen LogP contribution >= 0.6 is 11.6 Å². The number of carbonyl (C=O) groups is 1. The molecule has 9 heteroatoms. The molecule has 1 aliphatic heterocycles. The molecular weight excluding hydrogens is 432 g/mol. The number of pyridine rings is 1. The van der Waals surface area contributed by atoms with Crippen molar-refractivity contribution in [2.24, 2.45) is 0 Å². The van der Waals surface area contributed by atoms with Gasteiger partial charge in [0.1, 0.15) is 28.6 Å². The fourth-order valence-corrected chi connectivity index (χ4v) is 3.49. The summed E-state index contributed by atoms with van der Waals surface area (Å²) >= 11 is 6.19. The number of rotatable bonds is 6. The van der Waals surface area contributed by atoms with Crippen molar-refractivity contribution in [2.45, 2.75) is 18.9 Å². The van der Waals surface area contributed by atoms with Crippen molar-refractivity contribution in [2.75, 3.05) is 13.2 Å². The number of ether oxygens (including phenoxy) is 2. The predicted octanol–water partition coefficient (Wildman–Crippen LogP) is 3.34. The quantitative estimate of drug-likeness (QED) is 0.456. The number of nitrogens with zero attached hydrogens (tertiary/aromatic N) is 3. The van der Waals surface area contributed by atoms with Gasteiger partial charge in [0.15, 0.2) is 0 Å². The van der Waals surface area contributed by atoms with Crippen molar-refractivity contribution in [3.63, 3.8) is 0 Å². The van der Waals surface area contributed by atoms with Gasteiger partial charge in [-0.05, 0) is 43.2 Å². The van der Waals surface area contributed by atoms with Crippen LogP contribution in [0.3, 0.4) is 0 Å². The van der Waals surface area contributed by atoms with Crippen LogP contribution in [0, 0.1) is 11.3 Å². The average Bonchev–Trinajstić information content (AvgIpc) is 3.33.